The minimum absolute atomic E-state index is 0.397. The molecule has 0 bridgehead atoms. The van der Waals surface area contributed by atoms with Crippen molar-refractivity contribution in [2.75, 3.05) is 0 Å². The van der Waals surface area contributed by atoms with Crippen LogP contribution in [-0.2, 0) is 0 Å². The molecule has 0 aliphatic carbocycles. The molecule has 56 valence electrons. The van der Waals surface area contributed by atoms with E-state index in [9.17, 15) is 0 Å². The molecule has 0 fully saturated rings. The summed E-state index contributed by atoms with van der Waals surface area (Å²) in [5.74, 6) is 0.679. The van der Waals surface area contributed by atoms with Crippen LogP contribution in [-0.4, -0.2) is 22.4 Å². The van der Waals surface area contributed by atoms with Gasteiger partial charge >= 0.3 is 0 Å². The zero-order chi connectivity index (χ0) is 7.78. The van der Waals surface area contributed by atoms with Gasteiger partial charge in [0.2, 0.25) is 0 Å². The number of amidine groups is 1. The van der Waals surface area contributed by atoms with Gasteiger partial charge in [0, 0.05) is 6.21 Å². The van der Waals surface area contributed by atoms with Crippen molar-refractivity contribution in [3.63, 3.8) is 0 Å². The largest absolute Gasteiger partial charge is 0.249 e. The Kier molecular flexibility index (Phi) is 2.02. The Labute approximate surface area is 70.0 Å². The molecule has 0 aromatic rings. The Bertz CT molecular complexity index is 196. The molecule has 1 heterocycles. The second kappa shape index (κ2) is 2.51. The molecule has 10 heavy (non-hydrogen) atoms. The number of nitrogens with zero attached hydrogens (tertiary/aromatic N) is 2. The van der Waals surface area contributed by atoms with Crippen LogP contribution < -0.4 is 0 Å². The number of rotatable bonds is 0. The Hall–Kier alpha value is -0.0800. The summed E-state index contributed by atoms with van der Waals surface area (Å²) in [6, 6.07) is 0. The molecule has 0 radical (unpaired) electrons. The molecular formula is C6H8Cl2N2. The van der Waals surface area contributed by atoms with Gasteiger partial charge in [0.05, 0.1) is 0 Å². The van der Waals surface area contributed by atoms with Gasteiger partial charge in [0.15, 0.2) is 0 Å². The Morgan fingerprint density at radius 3 is 2.70 bits per heavy atom. The summed E-state index contributed by atoms with van der Waals surface area (Å²) >= 11 is 11.7. The van der Waals surface area contributed by atoms with E-state index in [2.05, 4.69) is 9.98 Å². The summed E-state index contributed by atoms with van der Waals surface area (Å²) in [7, 11) is 0. The summed E-state index contributed by atoms with van der Waals surface area (Å²) in [6.45, 7) is 3.57. The molecule has 1 rings (SSSR count). The Morgan fingerprint density at radius 2 is 2.30 bits per heavy atom. The number of hydrogen-bond donors (Lipinski definition) is 0. The SMILES string of the molecule is CC1=NC(Cl)C(C)(Cl)C=N1. The van der Waals surface area contributed by atoms with Crippen molar-refractivity contribution in [2.45, 2.75) is 24.2 Å². The molecule has 1 aliphatic rings. The van der Waals surface area contributed by atoms with E-state index >= 15 is 0 Å². The highest BCUT2D eigenvalue weighted by Crippen LogP contribution is 2.25. The van der Waals surface area contributed by atoms with E-state index < -0.39 is 10.4 Å². The van der Waals surface area contributed by atoms with Gasteiger partial charge in [0.1, 0.15) is 16.2 Å². The summed E-state index contributed by atoms with van der Waals surface area (Å²) < 4.78 is 0. The average Bonchev–Trinajstić information content (AvgIpc) is 1.81. The predicted octanol–water partition coefficient (Wildman–Crippen LogP) is 2.05. The normalized spacial score (nSPS) is 39.6. The van der Waals surface area contributed by atoms with E-state index in [0.29, 0.717) is 5.84 Å². The van der Waals surface area contributed by atoms with Gasteiger partial charge in [-0.2, -0.15) is 0 Å². The highest BCUT2D eigenvalue weighted by atomic mass is 35.5. The highest BCUT2D eigenvalue weighted by molar-refractivity contribution is 6.39. The van der Waals surface area contributed by atoms with E-state index in [1.165, 1.54) is 0 Å². The van der Waals surface area contributed by atoms with E-state index in [0.717, 1.165) is 0 Å². The monoisotopic (exact) mass is 178 g/mol. The lowest BCUT2D eigenvalue weighted by Gasteiger charge is -2.22. The lowest BCUT2D eigenvalue weighted by molar-refractivity contribution is 0.765. The smallest absolute Gasteiger partial charge is 0.149 e. The molecule has 4 heteroatoms. The van der Waals surface area contributed by atoms with Crippen molar-refractivity contribution in [3.05, 3.63) is 0 Å². The second-order valence-corrected chi connectivity index (χ2v) is 3.65. The van der Waals surface area contributed by atoms with Gasteiger partial charge in [-0.05, 0) is 13.8 Å². The maximum absolute atomic E-state index is 5.90. The summed E-state index contributed by atoms with van der Waals surface area (Å²) in [6.07, 6.45) is 1.62. The topological polar surface area (TPSA) is 24.7 Å². The van der Waals surface area contributed by atoms with Gasteiger partial charge in [-0.1, -0.05) is 11.6 Å². The van der Waals surface area contributed by atoms with Gasteiger partial charge in [-0.15, -0.1) is 11.6 Å². The third kappa shape index (κ3) is 1.50. The number of aliphatic imine (C=N–C) groups is 2. The molecule has 1 aliphatic heterocycles. The van der Waals surface area contributed by atoms with Crippen molar-refractivity contribution in [1.82, 2.24) is 0 Å². The first-order valence-corrected chi connectivity index (χ1v) is 3.76. The van der Waals surface area contributed by atoms with Crippen molar-refractivity contribution in [3.8, 4) is 0 Å². The third-order valence-corrected chi connectivity index (χ3v) is 2.24. The van der Waals surface area contributed by atoms with Crippen LogP contribution >= 0.6 is 23.2 Å². The van der Waals surface area contributed by atoms with Gasteiger partial charge in [0.25, 0.3) is 0 Å². The molecule has 2 atom stereocenters. The van der Waals surface area contributed by atoms with Crippen LogP contribution in [0, 0.1) is 0 Å². The summed E-state index contributed by atoms with van der Waals surface area (Å²) in [4.78, 5) is 7.31. The molecule has 0 aromatic heterocycles. The molecule has 0 amide bonds. The van der Waals surface area contributed by atoms with Crippen LogP contribution in [0.4, 0.5) is 0 Å². The standard InChI is InChI=1S/C6H8Cl2N2/c1-4-9-3-6(2,8)5(7)10-4/h3,5H,1-2H3. The minimum Gasteiger partial charge on any atom is -0.249 e. The van der Waals surface area contributed by atoms with Crippen LogP contribution in [0.15, 0.2) is 9.98 Å². The van der Waals surface area contributed by atoms with Crippen molar-refractivity contribution in [1.29, 1.82) is 0 Å². The highest BCUT2D eigenvalue weighted by Gasteiger charge is 2.30. The van der Waals surface area contributed by atoms with Crippen molar-refractivity contribution < 1.29 is 0 Å². The molecule has 2 nitrogen and oxygen atoms in total. The fourth-order valence-electron chi connectivity index (χ4n) is 0.605. The minimum atomic E-state index is -0.624. The predicted molar refractivity (Wildman–Crippen MR) is 45.5 cm³/mol. The Balaban J connectivity index is 2.84. The quantitative estimate of drug-likeness (QED) is 0.401. The van der Waals surface area contributed by atoms with Gasteiger partial charge in [-0.3, -0.25) is 0 Å². The lowest BCUT2D eigenvalue weighted by atomic mass is 10.2. The van der Waals surface area contributed by atoms with Gasteiger partial charge in [-0.25, -0.2) is 9.98 Å². The van der Waals surface area contributed by atoms with Gasteiger partial charge < -0.3 is 0 Å². The van der Waals surface area contributed by atoms with Crippen LogP contribution in [0.1, 0.15) is 13.8 Å². The fraction of sp³-hybridized carbons (Fsp3) is 0.667. The van der Waals surface area contributed by atoms with E-state index in [1.807, 2.05) is 0 Å². The molecular weight excluding hydrogens is 171 g/mol. The Morgan fingerprint density at radius 1 is 1.70 bits per heavy atom. The fourth-order valence-corrected chi connectivity index (χ4v) is 0.900. The maximum Gasteiger partial charge on any atom is 0.149 e. The number of alkyl halides is 2. The number of halogens is 2. The summed E-state index contributed by atoms with van der Waals surface area (Å²) in [5.41, 5.74) is -0.397. The molecule has 0 aromatic carbocycles. The van der Waals surface area contributed by atoms with Crippen LogP contribution in [0.2, 0.25) is 0 Å². The lowest BCUT2D eigenvalue weighted by Crippen LogP contribution is -2.33. The van der Waals surface area contributed by atoms with E-state index in [1.54, 1.807) is 20.1 Å². The molecule has 2 unspecified atom stereocenters. The van der Waals surface area contributed by atoms with E-state index in [4.69, 9.17) is 23.2 Å². The van der Waals surface area contributed by atoms with E-state index in [-0.39, 0.29) is 0 Å². The second-order valence-electron chi connectivity index (χ2n) is 2.42. The van der Waals surface area contributed by atoms with Crippen molar-refractivity contribution >= 4 is 35.3 Å². The van der Waals surface area contributed by atoms with Crippen LogP contribution in [0.5, 0.6) is 0 Å². The molecule has 0 saturated carbocycles. The average molecular weight is 179 g/mol. The first-order chi connectivity index (χ1) is 4.52. The first-order valence-electron chi connectivity index (χ1n) is 2.95. The number of hydrogen-bond acceptors (Lipinski definition) is 2. The summed E-state index contributed by atoms with van der Waals surface area (Å²) in [5, 5.41) is 0. The van der Waals surface area contributed by atoms with Crippen LogP contribution in [0.25, 0.3) is 0 Å². The first kappa shape index (κ1) is 8.02. The van der Waals surface area contributed by atoms with Crippen LogP contribution in [0.3, 0.4) is 0 Å². The molecule has 0 spiro atoms. The zero-order valence-electron chi connectivity index (χ0n) is 5.81. The molecule has 0 saturated heterocycles. The maximum atomic E-state index is 5.90. The third-order valence-electron chi connectivity index (χ3n) is 1.27. The van der Waals surface area contributed by atoms with Crippen molar-refractivity contribution in [2.24, 2.45) is 9.98 Å². The zero-order valence-corrected chi connectivity index (χ0v) is 7.32. The molecule has 0 N–H and O–H groups in total.